The first-order chi connectivity index (χ1) is 10.6. The summed E-state index contributed by atoms with van der Waals surface area (Å²) in [5.74, 6) is 1.69. The fourth-order valence-electron chi connectivity index (χ4n) is 2.80. The highest BCUT2D eigenvalue weighted by Crippen LogP contribution is 2.34. The standard InChI is InChI=1S/C16H21N3O2S/c1-11(2)16-17-14(21-18-16)7-8-15(20)19-9-3-5-12(19)13-6-4-10-22-13/h4,6,10-12H,3,5,7-9H2,1-2H3. The van der Waals surface area contributed by atoms with Crippen LogP contribution in [0.25, 0.3) is 0 Å². The van der Waals surface area contributed by atoms with E-state index in [9.17, 15) is 4.79 Å². The van der Waals surface area contributed by atoms with E-state index in [1.807, 2.05) is 24.8 Å². The normalized spacial score (nSPS) is 18.3. The molecule has 1 fully saturated rings. The van der Waals surface area contributed by atoms with Crippen molar-refractivity contribution < 1.29 is 9.32 Å². The molecule has 2 aromatic rings. The number of thiophene rings is 1. The van der Waals surface area contributed by atoms with E-state index in [2.05, 4.69) is 21.6 Å². The van der Waals surface area contributed by atoms with Crippen molar-refractivity contribution in [2.24, 2.45) is 0 Å². The summed E-state index contributed by atoms with van der Waals surface area (Å²) in [5, 5.41) is 6.01. The van der Waals surface area contributed by atoms with E-state index >= 15 is 0 Å². The van der Waals surface area contributed by atoms with Gasteiger partial charge < -0.3 is 9.42 Å². The van der Waals surface area contributed by atoms with Gasteiger partial charge in [-0.15, -0.1) is 11.3 Å². The van der Waals surface area contributed by atoms with Gasteiger partial charge in [0.15, 0.2) is 5.82 Å². The molecule has 1 amide bonds. The van der Waals surface area contributed by atoms with Gasteiger partial charge in [0.25, 0.3) is 0 Å². The van der Waals surface area contributed by atoms with Gasteiger partial charge in [0, 0.05) is 30.2 Å². The zero-order valence-electron chi connectivity index (χ0n) is 13.0. The predicted octanol–water partition coefficient (Wildman–Crippen LogP) is 3.55. The molecule has 6 heteroatoms. The second-order valence-electron chi connectivity index (χ2n) is 5.96. The fourth-order valence-corrected chi connectivity index (χ4v) is 3.68. The topological polar surface area (TPSA) is 59.2 Å². The number of likely N-dealkylation sites (tertiary alicyclic amines) is 1. The highest BCUT2D eigenvalue weighted by molar-refractivity contribution is 7.10. The Hall–Kier alpha value is -1.69. The SMILES string of the molecule is CC(C)c1noc(CCC(=O)N2CCCC2c2cccs2)n1. The molecule has 0 spiro atoms. The third-order valence-corrected chi connectivity index (χ3v) is 4.97. The summed E-state index contributed by atoms with van der Waals surface area (Å²) in [4.78, 5) is 20.1. The summed E-state index contributed by atoms with van der Waals surface area (Å²) in [6, 6.07) is 4.42. The molecule has 0 bridgehead atoms. The first-order valence-electron chi connectivity index (χ1n) is 7.80. The maximum Gasteiger partial charge on any atom is 0.227 e. The second kappa shape index (κ2) is 6.60. The summed E-state index contributed by atoms with van der Waals surface area (Å²) in [5.41, 5.74) is 0. The Morgan fingerprint density at radius 1 is 1.55 bits per heavy atom. The first kappa shape index (κ1) is 15.2. The fraction of sp³-hybridized carbons (Fsp3) is 0.562. The number of aromatic nitrogens is 2. The van der Waals surface area contributed by atoms with E-state index < -0.39 is 0 Å². The first-order valence-corrected chi connectivity index (χ1v) is 8.68. The van der Waals surface area contributed by atoms with Crippen LogP contribution in [0.3, 0.4) is 0 Å². The number of carbonyl (C=O) groups excluding carboxylic acids is 1. The van der Waals surface area contributed by atoms with Crippen LogP contribution in [0.5, 0.6) is 0 Å². The monoisotopic (exact) mass is 319 g/mol. The minimum atomic E-state index is 0.181. The minimum absolute atomic E-state index is 0.181. The van der Waals surface area contributed by atoms with E-state index in [1.54, 1.807) is 11.3 Å². The molecule has 0 aliphatic carbocycles. The zero-order valence-corrected chi connectivity index (χ0v) is 13.8. The Balaban J connectivity index is 1.59. The van der Waals surface area contributed by atoms with Gasteiger partial charge in [-0.2, -0.15) is 4.98 Å². The number of rotatable bonds is 5. The van der Waals surface area contributed by atoms with Crippen molar-refractivity contribution in [3.05, 3.63) is 34.1 Å². The van der Waals surface area contributed by atoms with Crippen LogP contribution >= 0.6 is 11.3 Å². The molecule has 5 nitrogen and oxygen atoms in total. The van der Waals surface area contributed by atoms with Crippen LogP contribution in [0.1, 0.15) is 61.7 Å². The van der Waals surface area contributed by atoms with E-state index in [-0.39, 0.29) is 17.9 Å². The van der Waals surface area contributed by atoms with Crippen LogP contribution in [0.15, 0.2) is 22.0 Å². The Kier molecular flexibility index (Phi) is 4.57. The number of hydrogen-bond acceptors (Lipinski definition) is 5. The maximum atomic E-state index is 12.5. The lowest BCUT2D eigenvalue weighted by atomic mass is 10.1. The van der Waals surface area contributed by atoms with Crippen LogP contribution < -0.4 is 0 Å². The molecular formula is C16H21N3O2S. The van der Waals surface area contributed by atoms with Crippen LogP contribution in [-0.2, 0) is 11.2 Å². The summed E-state index contributed by atoms with van der Waals surface area (Å²) in [6.07, 6.45) is 3.09. The van der Waals surface area contributed by atoms with E-state index in [1.165, 1.54) is 4.88 Å². The molecule has 0 aromatic carbocycles. The Morgan fingerprint density at radius 3 is 3.09 bits per heavy atom. The van der Waals surface area contributed by atoms with Crippen LogP contribution in [0.2, 0.25) is 0 Å². The lowest BCUT2D eigenvalue weighted by Crippen LogP contribution is -2.30. The molecule has 1 atom stereocenters. The minimum Gasteiger partial charge on any atom is -0.339 e. The Bertz CT molecular complexity index is 621. The maximum absolute atomic E-state index is 12.5. The van der Waals surface area contributed by atoms with Gasteiger partial charge in [0.1, 0.15) is 0 Å². The summed E-state index contributed by atoms with van der Waals surface area (Å²) in [7, 11) is 0. The van der Waals surface area contributed by atoms with Gasteiger partial charge in [-0.25, -0.2) is 0 Å². The van der Waals surface area contributed by atoms with Crippen molar-refractivity contribution in [2.45, 2.75) is 51.5 Å². The molecule has 3 heterocycles. The molecule has 1 aliphatic rings. The average Bonchev–Trinajstić information content (AvgIpc) is 3.23. The summed E-state index contributed by atoms with van der Waals surface area (Å²) < 4.78 is 5.21. The van der Waals surface area contributed by atoms with E-state index in [4.69, 9.17) is 4.52 Å². The van der Waals surface area contributed by atoms with Crippen molar-refractivity contribution in [3.63, 3.8) is 0 Å². The van der Waals surface area contributed by atoms with Gasteiger partial charge in [-0.3, -0.25) is 4.79 Å². The summed E-state index contributed by atoms with van der Waals surface area (Å²) >= 11 is 1.73. The molecule has 1 saturated heterocycles. The molecule has 3 rings (SSSR count). The molecule has 0 saturated carbocycles. The second-order valence-corrected chi connectivity index (χ2v) is 6.94. The molecular weight excluding hydrogens is 298 g/mol. The predicted molar refractivity (Wildman–Crippen MR) is 84.7 cm³/mol. The third-order valence-electron chi connectivity index (χ3n) is 4.00. The van der Waals surface area contributed by atoms with Crippen LogP contribution in [-0.4, -0.2) is 27.5 Å². The molecule has 1 unspecified atom stereocenters. The Morgan fingerprint density at radius 2 is 2.41 bits per heavy atom. The Labute approximate surface area is 134 Å². The van der Waals surface area contributed by atoms with Gasteiger partial charge in [0.05, 0.1) is 6.04 Å². The molecule has 2 aromatic heterocycles. The van der Waals surface area contributed by atoms with Gasteiger partial charge >= 0.3 is 0 Å². The number of nitrogens with zero attached hydrogens (tertiary/aromatic N) is 3. The number of carbonyl (C=O) groups is 1. The van der Waals surface area contributed by atoms with Crippen molar-refractivity contribution in [1.29, 1.82) is 0 Å². The van der Waals surface area contributed by atoms with Gasteiger partial charge in [-0.1, -0.05) is 25.1 Å². The summed E-state index contributed by atoms with van der Waals surface area (Å²) in [6.45, 7) is 4.90. The van der Waals surface area contributed by atoms with Crippen molar-refractivity contribution in [2.75, 3.05) is 6.54 Å². The van der Waals surface area contributed by atoms with Gasteiger partial charge in [-0.05, 0) is 24.3 Å². The number of hydrogen-bond donors (Lipinski definition) is 0. The largest absolute Gasteiger partial charge is 0.339 e. The average molecular weight is 319 g/mol. The molecule has 118 valence electrons. The molecule has 0 N–H and O–H groups in total. The van der Waals surface area contributed by atoms with Crippen molar-refractivity contribution >= 4 is 17.2 Å². The van der Waals surface area contributed by atoms with Crippen molar-refractivity contribution in [1.82, 2.24) is 15.0 Å². The highest BCUT2D eigenvalue weighted by Gasteiger charge is 2.30. The molecule has 1 aliphatic heterocycles. The molecule has 0 radical (unpaired) electrons. The van der Waals surface area contributed by atoms with E-state index in [0.717, 1.165) is 19.4 Å². The van der Waals surface area contributed by atoms with Gasteiger partial charge in [0.2, 0.25) is 11.8 Å². The lowest BCUT2D eigenvalue weighted by Gasteiger charge is -2.23. The van der Waals surface area contributed by atoms with E-state index in [0.29, 0.717) is 24.6 Å². The van der Waals surface area contributed by atoms with Crippen LogP contribution in [0.4, 0.5) is 0 Å². The quantitative estimate of drug-likeness (QED) is 0.845. The molecule has 22 heavy (non-hydrogen) atoms. The van der Waals surface area contributed by atoms with Crippen LogP contribution in [0, 0.1) is 0 Å². The smallest absolute Gasteiger partial charge is 0.227 e. The number of aryl methyl sites for hydroxylation is 1. The van der Waals surface area contributed by atoms with Crippen molar-refractivity contribution in [3.8, 4) is 0 Å². The zero-order chi connectivity index (χ0) is 15.5. The third kappa shape index (κ3) is 3.21. The highest BCUT2D eigenvalue weighted by atomic mass is 32.1. The number of amides is 1. The lowest BCUT2D eigenvalue weighted by molar-refractivity contribution is -0.132.